The smallest absolute Gasteiger partial charge is 0.131 e. The van der Waals surface area contributed by atoms with Crippen LogP contribution in [-0.4, -0.2) is 23.1 Å². The molecule has 0 amide bonds. The molecule has 0 aliphatic rings. The fourth-order valence-corrected chi connectivity index (χ4v) is 2.22. The van der Waals surface area contributed by atoms with Crippen LogP contribution in [0.25, 0.3) is 0 Å². The zero-order valence-electron chi connectivity index (χ0n) is 13.7. The molecular formula is C19H19FN4O. The lowest BCUT2D eigenvalue weighted by Crippen LogP contribution is -2.13. The highest BCUT2D eigenvalue weighted by Crippen LogP contribution is 2.12. The molecule has 5 nitrogen and oxygen atoms in total. The summed E-state index contributed by atoms with van der Waals surface area (Å²) in [5, 5.41) is 6.44. The second-order valence-corrected chi connectivity index (χ2v) is 5.36. The normalized spacial score (nSPS) is 10.3. The molecule has 6 heteroatoms. The Hall–Kier alpha value is -3.15. The first-order valence-corrected chi connectivity index (χ1v) is 8.02. The van der Waals surface area contributed by atoms with Crippen molar-refractivity contribution in [2.75, 3.05) is 23.8 Å². The van der Waals surface area contributed by atoms with Gasteiger partial charge in [0.15, 0.2) is 0 Å². The van der Waals surface area contributed by atoms with E-state index in [1.54, 1.807) is 12.1 Å². The largest absolute Gasteiger partial charge is 0.492 e. The Morgan fingerprint density at radius 1 is 0.880 bits per heavy atom. The number of anilines is 2. The third kappa shape index (κ3) is 5.46. The van der Waals surface area contributed by atoms with Crippen LogP contribution in [-0.2, 0) is 6.54 Å². The molecule has 0 unspecified atom stereocenters. The zero-order valence-corrected chi connectivity index (χ0v) is 13.7. The summed E-state index contributed by atoms with van der Waals surface area (Å²) < 4.78 is 18.3. The standard InChI is InChI=1S/C19H19FN4O/c20-16-6-8-17(9-7-16)25-11-10-21-18-12-19(24-14-23-18)22-13-15-4-2-1-3-5-15/h1-9,12,14H,10-11,13H2,(H2,21,22,23,24). The third-order valence-electron chi connectivity index (χ3n) is 3.47. The van der Waals surface area contributed by atoms with Crippen molar-refractivity contribution in [1.29, 1.82) is 0 Å². The summed E-state index contributed by atoms with van der Waals surface area (Å²) >= 11 is 0. The van der Waals surface area contributed by atoms with E-state index in [0.717, 1.165) is 5.82 Å². The molecule has 128 valence electrons. The average molecular weight is 338 g/mol. The monoisotopic (exact) mass is 338 g/mol. The van der Waals surface area contributed by atoms with Gasteiger partial charge in [-0.05, 0) is 29.8 Å². The second-order valence-electron chi connectivity index (χ2n) is 5.36. The summed E-state index contributed by atoms with van der Waals surface area (Å²) in [4.78, 5) is 8.39. The fraction of sp³-hybridized carbons (Fsp3) is 0.158. The van der Waals surface area contributed by atoms with Crippen LogP contribution >= 0.6 is 0 Å². The Bertz CT molecular complexity index is 781. The fourth-order valence-electron chi connectivity index (χ4n) is 2.22. The summed E-state index contributed by atoms with van der Waals surface area (Å²) in [7, 11) is 0. The minimum Gasteiger partial charge on any atom is -0.492 e. The van der Waals surface area contributed by atoms with Gasteiger partial charge >= 0.3 is 0 Å². The number of nitrogens with one attached hydrogen (secondary N) is 2. The molecule has 0 bridgehead atoms. The molecule has 3 rings (SSSR count). The molecule has 1 aromatic heterocycles. The van der Waals surface area contributed by atoms with E-state index in [1.165, 1.54) is 24.0 Å². The van der Waals surface area contributed by atoms with Gasteiger partial charge in [0.1, 0.15) is 36.1 Å². The maximum atomic E-state index is 12.8. The van der Waals surface area contributed by atoms with Gasteiger partial charge in [0.05, 0.1) is 6.54 Å². The van der Waals surface area contributed by atoms with E-state index in [-0.39, 0.29) is 5.82 Å². The molecule has 0 aliphatic carbocycles. The van der Waals surface area contributed by atoms with Crippen molar-refractivity contribution in [3.8, 4) is 5.75 Å². The lowest BCUT2D eigenvalue weighted by molar-refractivity contribution is 0.332. The maximum Gasteiger partial charge on any atom is 0.131 e. The molecule has 2 aromatic carbocycles. The number of nitrogens with zero attached hydrogens (tertiary/aromatic N) is 2. The molecule has 25 heavy (non-hydrogen) atoms. The van der Waals surface area contributed by atoms with Gasteiger partial charge in [-0.2, -0.15) is 0 Å². The number of hydrogen-bond acceptors (Lipinski definition) is 5. The number of halogens is 1. The SMILES string of the molecule is Fc1ccc(OCCNc2cc(NCc3ccccc3)ncn2)cc1. The van der Waals surface area contributed by atoms with Gasteiger partial charge in [-0.15, -0.1) is 0 Å². The predicted molar refractivity (Wildman–Crippen MR) is 96.2 cm³/mol. The van der Waals surface area contributed by atoms with Crippen LogP contribution < -0.4 is 15.4 Å². The van der Waals surface area contributed by atoms with Crippen molar-refractivity contribution in [3.05, 3.63) is 78.4 Å². The van der Waals surface area contributed by atoms with Crippen molar-refractivity contribution < 1.29 is 9.13 Å². The van der Waals surface area contributed by atoms with Crippen molar-refractivity contribution >= 4 is 11.6 Å². The minimum absolute atomic E-state index is 0.276. The number of ether oxygens (including phenoxy) is 1. The highest BCUT2D eigenvalue weighted by atomic mass is 19.1. The number of rotatable bonds is 8. The van der Waals surface area contributed by atoms with Crippen molar-refractivity contribution in [2.24, 2.45) is 0 Å². The van der Waals surface area contributed by atoms with E-state index in [4.69, 9.17) is 4.74 Å². The summed E-state index contributed by atoms with van der Waals surface area (Å²) in [5.74, 6) is 1.83. The van der Waals surface area contributed by atoms with Crippen LogP contribution in [0, 0.1) is 5.82 Å². The van der Waals surface area contributed by atoms with Crippen molar-refractivity contribution in [3.63, 3.8) is 0 Å². The van der Waals surface area contributed by atoms with Gasteiger partial charge in [0.2, 0.25) is 0 Å². The Kier molecular flexibility index (Phi) is 5.77. The van der Waals surface area contributed by atoms with E-state index >= 15 is 0 Å². The zero-order chi connectivity index (χ0) is 17.3. The Morgan fingerprint density at radius 3 is 2.36 bits per heavy atom. The highest BCUT2D eigenvalue weighted by Gasteiger charge is 2.00. The van der Waals surface area contributed by atoms with Gasteiger partial charge in [0.25, 0.3) is 0 Å². The van der Waals surface area contributed by atoms with Crippen LogP contribution in [0.5, 0.6) is 5.75 Å². The second kappa shape index (κ2) is 8.63. The minimum atomic E-state index is -0.276. The summed E-state index contributed by atoms with van der Waals surface area (Å²) in [6, 6.07) is 17.9. The first kappa shape index (κ1) is 16.7. The van der Waals surface area contributed by atoms with Gasteiger partial charge in [0, 0.05) is 12.6 Å². The van der Waals surface area contributed by atoms with Gasteiger partial charge in [-0.25, -0.2) is 14.4 Å². The van der Waals surface area contributed by atoms with Crippen LogP contribution in [0.3, 0.4) is 0 Å². The Morgan fingerprint density at radius 2 is 1.60 bits per heavy atom. The quantitative estimate of drug-likeness (QED) is 0.613. The van der Waals surface area contributed by atoms with E-state index in [0.29, 0.717) is 31.3 Å². The first-order chi connectivity index (χ1) is 12.3. The van der Waals surface area contributed by atoms with E-state index in [2.05, 4.69) is 32.7 Å². The van der Waals surface area contributed by atoms with Crippen molar-refractivity contribution in [1.82, 2.24) is 9.97 Å². The molecule has 0 spiro atoms. The number of hydrogen-bond donors (Lipinski definition) is 2. The lowest BCUT2D eigenvalue weighted by atomic mass is 10.2. The molecular weight excluding hydrogens is 319 g/mol. The molecule has 0 saturated carbocycles. The van der Waals surface area contributed by atoms with Crippen LogP contribution in [0.15, 0.2) is 67.0 Å². The molecule has 3 aromatic rings. The highest BCUT2D eigenvalue weighted by molar-refractivity contribution is 5.46. The topological polar surface area (TPSA) is 59.1 Å². The number of benzene rings is 2. The van der Waals surface area contributed by atoms with Crippen LogP contribution in [0.4, 0.5) is 16.0 Å². The summed E-state index contributed by atoms with van der Waals surface area (Å²) in [6.07, 6.45) is 1.51. The predicted octanol–water partition coefficient (Wildman–Crippen LogP) is 3.72. The molecule has 0 saturated heterocycles. The van der Waals surface area contributed by atoms with Gasteiger partial charge < -0.3 is 15.4 Å². The molecule has 1 heterocycles. The first-order valence-electron chi connectivity index (χ1n) is 8.02. The van der Waals surface area contributed by atoms with Gasteiger partial charge in [-0.1, -0.05) is 30.3 Å². The molecule has 2 N–H and O–H groups in total. The summed E-state index contributed by atoms with van der Waals surface area (Å²) in [5.41, 5.74) is 1.18. The molecule has 0 aliphatic heterocycles. The Balaban J connectivity index is 1.44. The van der Waals surface area contributed by atoms with Gasteiger partial charge in [-0.3, -0.25) is 0 Å². The molecule has 0 radical (unpaired) electrons. The number of aromatic nitrogens is 2. The summed E-state index contributed by atoms with van der Waals surface area (Å²) in [6.45, 7) is 1.72. The van der Waals surface area contributed by atoms with E-state index in [9.17, 15) is 4.39 Å². The van der Waals surface area contributed by atoms with Crippen LogP contribution in [0.2, 0.25) is 0 Å². The molecule has 0 atom stereocenters. The third-order valence-corrected chi connectivity index (χ3v) is 3.47. The lowest BCUT2D eigenvalue weighted by Gasteiger charge is -2.10. The van der Waals surface area contributed by atoms with Crippen molar-refractivity contribution in [2.45, 2.75) is 6.54 Å². The Labute approximate surface area is 145 Å². The van der Waals surface area contributed by atoms with E-state index in [1.807, 2.05) is 24.3 Å². The average Bonchev–Trinajstić information content (AvgIpc) is 2.66. The van der Waals surface area contributed by atoms with E-state index < -0.39 is 0 Å². The maximum absolute atomic E-state index is 12.8. The van der Waals surface area contributed by atoms with Crippen LogP contribution in [0.1, 0.15) is 5.56 Å². The molecule has 0 fully saturated rings.